The molecule has 0 bridgehead atoms. The standard InChI is InChI=1S/C14H25N5/c1-4-12-13(15-3)17-10-18-14(12)16-8-11-6-7-19(5-2)9-11/h10-11H,4-9H2,1-3H3,(H2,15,16,17,18). The first-order chi connectivity index (χ1) is 9.28. The Hall–Kier alpha value is -1.36. The molecular formula is C14H25N5. The first-order valence-corrected chi connectivity index (χ1v) is 7.26. The predicted octanol–water partition coefficient (Wildman–Crippen LogP) is 1.83. The van der Waals surface area contributed by atoms with Crippen LogP contribution in [-0.2, 0) is 6.42 Å². The van der Waals surface area contributed by atoms with Gasteiger partial charge in [-0.05, 0) is 31.8 Å². The molecule has 0 saturated carbocycles. The first kappa shape index (κ1) is 14.1. The van der Waals surface area contributed by atoms with Crippen molar-refractivity contribution in [3.63, 3.8) is 0 Å². The molecule has 2 N–H and O–H groups in total. The molecule has 5 heteroatoms. The molecule has 1 aliphatic heterocycles. The average molecular weight is 263 g/mol. The van der Waals surface area contributed by atoms with Crippen molar-refractivity contribution in [3.05, 3.63) is 11.9 Å². The van der Waals surface area contributed by atoms with Crippen LogP contribution in [0.2, 0.25) is 0 Å². The summed E-state index contributed by atoms with van der Waals surface area (Å²) in [6.07, 6.45) is 3.84. The van der Waals surface area contributed by atoms with E-state index in [2.05, 4.69) is 39.3 Å². The van der Waals surface area contributed by atoms with Gasteiger partial charge >= 0.3 is 0 Å². The van der Waals surface area contributed by atoms with Gasteiger partial charge in [0.25, 0.3) is 0 Å². The van der Waals surface area contributed by atoms with Crippen LogP contribution >= 0.6 is 0 Å². The molecule has 0 amide bonds. The van der Waals surface area contributed by atoms with E-state index < -0.39 is 0 Å². The van der Waals surface area contributed by atoms with Crippen molar-refractivity contribution in [2.75, 3.05) is 43.9 Å². The predicted molar refractivity (Wildman–Crippen MR) is 79.7 cm³/mol. The number of aromatic nitrogens is 2. The second-order valence-corrected chi connectivity index (χ2v) is 5.08. The Morgan fingerprint density at radius 3 is 2.74 bits per heavy atom. The smallest absolute Gasteiger partial charge is 0.134 e. The van der Waals surface area contributed by atoms with E-state index in [4.69, 9.17) is 0 Å². The number of nitrogens with zero attached hydrogens (tertiary/aromatic N) is 3. The van der Waals surface area contributed by atoms with Gasteiger partial charge in [0.1, 0.15) is 18.0 Å². The fourth-order valence-electron chi connectivity index (χ4n) is 2.72. The van der Waals surface area contributed by atoms with Crippen LogP contribution in [0.15, 0.2) is 6.33 Å². The Morgan fingerprint density at radius 1 is 1.32 bits per heavy atom. The maximum absolute atomic E-state index is 4.38. The van der Waals surface area contributed by atoms with Crippen molar-refractivity contribution in [1.29, 1.82) is 0 Å². The van der Waals surface area contributed by atoms with Crippen LogP contribution in [0.5, 0.6) is 0 Å². The van der Waals surface area contributed by atoms with E-state index >= 15 is 0 Å². The third-order valence-corrected chi connectivity index (χ3v) is 3.91. The summed E-state index contributed by atoms with van der Waals surface area (Å²) in [6, 6.07) is 0. The lowest BCUT2D eigenvalue weighted by Gasteiger charge is -2.16. The molecular weight excluding hydrogens is 238 g/mol. The Balaban J connectivity index is 1.96. The molecule has 1 atom stereocenters. The number of nitrogens with one attached hydrogen (secondary N) is 2. The topological polar surface area (TPSA) is 53.1 Å². The second-order valence-electron chi connectivity index (χ2n) is 5.08. The van der Waals surface area contributed by atoms with E-state index in [1.807, 2.05) is 7.05 Å². The van der Waals surface area contributed by atoms with Gasteiger partial charge < -0.3 is 15.5 Å². The zero-order valence-corrected chi connectivity index (χ0v) is 12.2. The zero-order valence-electron chi connectivity index (χ0n) is 12.2. The molecule has 1 unspecified atom stereocenters. The van der Waals surface area contributed by atoms with Gasteiger partial charge in [-0.3, -0.25) is 0 Å². The summed E-state index contributed by atoms with van der Waals surface area (Å²) in [7, 11) is 1.90. The summed E-state index contributed by atoms with van der Waals surface area (Å²) < 4.78 is 0. The molecule has 2 rings (SSSR count). The lowest BCUT2D eigenvalue weighted by molar-refractivity contribution is 0.345. The molecule has 0 aliphatic carbocycles. The Bertz CT molecular complexity index is 407. The van der Waals surface area contributed by atoms with E-state index in [-0.39, 0.29) is 0 Å². The summed E-state index contributed by atoms with van der Waals surface area (Å²) in [5.41, 5.74) is 1.18. The highest BCUT2D eigenvalue weighted by atomic mass is 15.1. The largest absolute Gasteiger partial charge is 0.373 e. The van der Waals surface area contributed by atoms with Gasteiger partial charge in [0.15, 0.2) is 0 Å². The van der Waals surface area contributed by atoms with Crippen LogP contribution in [0.1, 0.15) is 25.8 Å². The molecule has 0 aromatic carbocycles. The van der Waals surface area contributed by atoms with Gasteiger partial charge in [-0.2, -0.15) is 0 Å². The summed E-state index contributed by atoms with van der Waals surface area (Å²) >= 11 is 0. The molecule has 1 saturated heterocycles. The van der Waals surface area contributed by atoms with Gasteiger partial charge in [-0.25, -0.2) is 9.97 Å². The van der Waals surface area contributed by atoms with E-state index in [9.17, 15) is 0 Å². The zero-order chi connectivity index (χ0) is 13.7. The van der Waals surface area contributed by atoms with Gasteiger partial charge in [-0.1, -0.05) is 13.8 Å². The Morgan fingerprint density at radius 2 is 2.11 bits per heavy atom. The molecule has 106 valence electrons. The molecule has 5 nitrogen and oxygen atoms in total. The van der Waals surface area contributed by atoms with Gasteiger partial charge in [0.05, 0.1) is 0 Å². The van der Waals surface area contributed by atoms with Crippen LogP contribution in [0.3, 0.4) is 0 Å². The number of likely N-dealkylation sites (tertiary alicyclic amines) is 1. The number of hydrogen-bond donors (Lipinski definition) is 2. The van der Waals surface area contributed by atoms with Crippen molar-refractivity contribution in [3.8, 4) is 0 Å². The van der Waals surface area contributed by atoms with Crippen molar-refractivity contribution in [2.24, 2.45) is 5.92 Å². The fraction of sp³-hybridized carbons (Fsp3) is 0.714. The van der Waals surface area contributed by atoms with Crippen LogP contribution in [0.4, 0.5) is 11.6 Å². The van der Waals surface area contributed by atoms with Crippen molar-refractivity contribution in [2.45, 2.75) is 26.7 Å². The van der Waals surface area contributed by atoms with Crippen LogP contribution in [0, 0.1) is 5.92 Å². The monoisotopic (exact) mass is 263 g/mol. The number of anilines is 2. The van der Waals surface area contributed by atoms with Gasteiger partial charge in [0, 0.05) is 25.7 Å². The fourth-order valence-corrected chi connectivity index (χ4v) is 2.72. The number of rotatable bonds is 6. The Labute approximate surface area is 115 Å². The molecule has 19 heavy (non-hydrogen) atoms. The minimum absolute atomic E-state index is 0.734. The highest BCUT2D eigenvalue weighted by molar-refractivity contribution is 5.57. The second kappa shape index (κ2) is 6.70. The third-order valence-electron chi connectivity index (χ3n) is 3.91. The van der Waals surface area contributed by atoms with Crippen molar-refractivity contribution >= 4 is 11.6 Å². The van der Waals surface area contributed by atoms with Crippen LogP contribution in [-0.4, -0.2) is 48.1 Å². The minimum atomic E-state index is 0.734. The first-order valence-electron chi connectivity index (χ1n) is 7.26. The molecule has 0 radical (unpaired) electrons. The van der Waals surface area contributed by atoms with Crippen LogP contribution in [0.25, 0.3) is 0 Å². The van der Waals surface area contributed by atoms with Gasteiger partial charge in [0.2, 0.25) is 0 Å². The Kier molecular flexibility index (Phi) is 4.96. The highest BCUT2D eigenvalue weighted by Crippen LogP contribution is 2.21. The van der Waals surface area contributed by atoms with E-state index in [1.54, 1.807) is 6.33 Å². The lowest BCUT2D eigenvalue weighted by atomic mass is 10.1. The van der Waals surface area contributed by atoms with Crippen LogP contribution < -0.4 is 10.6 Å². The van der Waals surface area contributed by atoms with E-state index in [1.165, 1.54) is 25.1 Å². The minimum Gasteiger partial charge on any atom is -0.373 e. The quantitative estimate of drug-likeness (QED) is 0.820. The highest BCUT2D eigenvalue weighted by Gasteiger charge is 2.21. The SMILES string of the molecule is CCc1c(NC)ncnc1NCC1CCN(CC)C1. The van der Waals surface area contributed by atoms with Crippen molar-refractivity contribution < 1.29 is 0 Å². The van der Waals surface area contributed by atoms with Crippen molar-refractivity contribution in [1.82, 2.24) is 14.9 Å². The summed E-state index contributed by atoms with van der Waals surface area (Å²) in [6.45, 7) is 8.97. The summed E-state index contributed by atoms with van der Waals surface area (Å²) in [5, 5.41) is 6.64. The lowest BCUT2D eigenvalue weighted by Crippen LogP contribution is -2.23. The molecule has 1 aromatic heterocycles. The molecule has 2 heterocycles. The molecule has 1 fully saturated rings. The molecule has 1 aliphatic rings. The maximum Gasteiger partial charge on any atom is 0.134 e. The van der Waals surface area contributed by atoms with E-state index in [0.717, 1.165) is 37.1 Å². The average Bonchev–Trinajstić information content (AvgIpc) is 2.92. The maximum atomic E-state index is 4.38. The van der Waals surface area contributed by atoms with E-state index in [0.29, 0.717) is 0 Å². The number of hydrogen-bond acceptors (Lipinski definition) is 5. The van der Waals surface area contributed by atoms with Gasteiger partial charge in [-0.15, -0.1) is 0 Å². The third kappa shape index (κ3) is 3.35. The summed E-state index contributed by atoms with van der Waals surface area (Å²) in [5.74, 6) is 2.65. The molecule has 0 spiro atoms. The molecule has 1 aromatic rings. The summed E-state index contributed by atoms with van der Waals surface area (Å²) in [4.78, 5) is 11.2. The normalized spacial score (nSPS) is 19.6.